The lowest BCUT2D eigenvalue weighted by molar-refractivity contribution is -0.127. The highest BCUT2D eigenvalue weighted by Gasteiger charge is 2.49. The van der Waals surface area contributed by atoms with E-state index >= 15 is 0 Å². The number of guanidine groups is 1. The van der Waals surface area contributed by atoms with Crippen molar-refractivity contribution in [3.8, 4) is 5.75 Å². The number of piperazine rings is 1. The summed E-state index contributed by atoms with van der Waals surface area (Å²) in [6.45, 7) is 6.19. The molecule has 0 bridgehead atoms. The van der Waals surface area contributed by atoms with Crippen LogP contribution in [0.5, 0.6) is 5.75 Å². The van der Waals surface area contributed by atoms with Crippen molar-refractivity contribution in [2.24, 2.45) is 4.99 Å². The second-order valence-corrected chi connectivity index (χ2v) is 11.1. The third kappa shape index (κ3) is 5.23. The quantitative estimate of drug-likeness (QED) is 0.479. The number of nitrogens with zero attached hydrogens (tertiary/aromatic N) is 5. The Morgan fingerprint density at radius 1 is 1.18 bits per heavy atom. The highest BCUT2D eigenvalue weighted by molar-refractivity contribution is 9.11. The molecule has 34 heavy (non-hydrogen) atoms. The number of carbonyl (C=O) groups is 2. The molecule has 3 aliphatic heterocycles. The van der Waals surface area contributed by atoms with Gasteiger partial charge in [0.25, 0.3) is 5.91 Å². The van der Waals surface area contributed by atoms with E-state index in [4.69, 9.17) is 9.73 Å². The van der Waals surface area contributed by atoms with Gasteiger partial charge in [-0.25, -0.2) is 9.79 Å². The summed E-state index contributed by atoms with van der Waals surface area (Å²) in [5, 5.41) is 13.0. The maximum atomic E-state index is 12.5. The minimum Gasteiger partial charge on any atom is -0.488 e. The van der Waals surface area contributed by atoms with Gasteiger partial charge in [0.05, 0.1) is 8.95 Å². The summed E-state index contributed by atoms with van der Waals surface area (Å²) in [4.78, 5) is 37.0. The van der Waals surface area contributed by atoms with Crippen LogP contribution in [-0.2, 0) is 4.79 Å². The summed E-state index contributed by atoms with van der Waals surface area (Å²) in [5.41, 5.74) is 0. The van der Waals surface area contributed by atoms with Gasteiger partial charge in [-0.2, -0.15) is 0 Å². The second kappa shape index (κ2) is 10.7. The molecule has 0 aromatic heterocycles. The van der Waals surface area contributed by atoms with E-state index < -0.39 is 24.3 Å². The van der Waals surface area contributed by atoms with Crippen molar-refractivity contribution in [1.29, 1.82) is 0 Å². The third-order valence-electron chi connectivity index (χ3n) is 6.19. The number of hydrogen-bond acceptors (Lipinski definition) is 8. The fourth-order valence-corrected chi connectivity index (χ4v) is 6.93. The predicted octanol–water partition coefficient (Wildman–Crippen LogP) is 1.90. The lowest BCUT2D eigenvalue weighted by atomic mass is 10.1. The summed E-state index contributed by atoms with van der Waals surface area (Å²) in [6, 6.07) is 2.86. The molecule has 1 aromatic rings. The van der Waals surface area contributed by atoms with Crippen LogP contribution in [0, 0.1) is 0 Å². The van der Waals surface area contributed by atoms with Crippen LogP contribution in [0.15, 0.2) is 30.5 Å². The lowest BCUT2D eigenvalue weighted by Gasteiger charge is -2.40. The van der Waals surface area contributed by atoms with Crippen molar-refractivity contribution < 1.29 is 19.4 Å². The van der Waals surface area contributed by atoms with Gasteiger partial charge in [-0.05, 0) is 50.9 Å². The fraction of sp³-hybridized carbons (Fsp3) is 0.571. The Hall–Kier alpha value is -1.41. The zero-order valence-corrected chi connectivity index (χ0v) is 23.6. The number of fused-ring (bicyclic) bond motifs is 1. The number of aliphatic hydroxyl groups is 1. The topological polar surface area (TPSA) is 101 Å². The zero-order chi connectivity index (χ0) is 24.6. The molecule has 2 saturated heterocycles. The Morgan fingerprint density at radius 2 is 1.82 bits per heavy atom. The number of likely N-dealkylation sites (N-methyl/N-ethyl adjacent to an activating group) is 2. The number of halogens is 3. The highest BCUT2D eigenvalue weighted by Crippen LogP contribution is 2.36. The average Bonchev–Trinajstić information content (AvgIpc) is 3.17. The van der Waals surface area contributed by atoms with Crippen molar-refractivity contribution >= 4 is 65.7 Å². The number of aliphatic hydroxyl groups excluding tert-OH is 1. The average molecular weight is 667 g/mol. The van der Waals surface area contributed by atoms with E-state index in [1.54, 1.807) is 7.05 Å². The summed E-state index contributed by atoms with van der Waals surface area (Å²) < 4.78 is 8.36. The molecule has 2 N–H and O–H groups in total. The molecule has 1 aromatic carbocycles. The molecule has 4 rings (SSSR count). The number of carbonyl (C=O) groups excluding carboxylic acids is 2. The van der Waals surface area contributed by atoms with E-state index in [-0.39, 0.29) is 12.5 Å². The van der Waals surface area contributed by atoms with E-state index in [2.05, 4.69) is 62.9 Å². The molecule has 0 aliphatic carbocycles. The van der Waals surface area contributed by atoms with Gasteiger partial charge >= 0.3 is 6.03 Å². The van der Waals surface area contributed by atoms with Crippen molar-refractivity contribution in [2.75, 3.05) is 52.9 Å². The number of urea groups is 1. The second-order valence-electron chi connectivity index (χ2n) is 8.43. The smallest absolute Gasteiger partial charge is 0.325 e. The number of benzene rings is 1. The van der Waals surface area contributed by atoms with Crippen LogP contribution in [0.4, 0.5) is 4.79 Å². The van der Waals surface area contributed by atoms with Gasteiger partial charge in [-0.1, -0.05) is 15.9 Å². The Balaban J connectivity index is 1.31. The van der Waals surface area contributed by atoms with Gasteiger partial charge in [0.1, 0.15) is 18.5 Å². The molecule has 0 saturated carbocycles. The number of nitrogens with one attached hydrogen (secondary N) is 1. The summed E-state index contributed by atoms with van der Waals surface area (Å²) in [6.07, 6.45) is -1.15. The van der Waals surface area contributed by atoms with E-state index in [0.29, 0.717) is 31.9 Å². The van der Waals surface area contributed by atoms with E-state index in [0.717, 1.165) is 32.5 Å². The maximum absolute atomic E-state index is 12.5. The number of ether oxygens (including phenoxy) is 1. The first kappa shape index (κ1) is 25.7. The summed E-state index contributed by atoms with van der Waals surface area (Å²) in [7, 11) is 1.66. The molecule has 2 fully saturated rings. The number of aliphatic imine (C=N–C) groups is 1. The molecule has 0 spiro atoms. The predicted molar refractivity (Wildman–Crippen MR) is 138 cm³/mol. The van der Waals surface area contributed by atoms with E-state index in [1.807, 2.05) is 24.0 Å². The Kier molecular flexibility index (Phi) is 8.07. The van der Waals surface area contributed by atoms with Crippen LogP contribution >= 0.6 is 47.8 Å². The third-order valence-corrected chi connectivity index (χ3v) is 7.82. The Bertz CT molecular complexity index is 964. The molecule has 13 heteroatoms. The Morgan fingerprint density at radius 3 is 2.44 bits per heavy atom. The van der Waals surface area contributed by atoms with Crippen molar-refractivity contribution in [1.82, 2.24) is 24.9 Å². The fourth-order valence-electron chi connectivity index (χ4n) is 4.44. The first-order valence-corrected chi connectivity index (χ1v) is 13.4. The largest absolute Gasteiger partial charge is 0.488 e. The number of β-amino-alcohol motifs (C(OH)–C–C–N with tert-alkyl or cyclic N) is 1. The lowest BCUT2D eigenvalue weighted by Crippen LogP contribution is -2.64. The number of imide groups is 1. The van der Waals surface area contributed by atoms with Crippen molar-refractivity contribution in [3.05, 3.63) is 25.6 Å². The van der Waals surface area contributed by atoms with Crippen LogP contribution in [0.25, 0.3) is 0 Å². The molecular weight excluding hydrogens is 640 g/mol. The maximum Gasteiger partial charge on any atom is 0.325 e. The summed E-state index contributed by atoms with van der Waals surface area (Å²) >= 11 is 10.4. The molecule has 0 radical (unpaired) electrons. The van der Waals surface area contributed by atoms with Crippen LogP contribution < -0.4 is 10.1 Å². The minimum absolute atomic E-state index is 0.175. The number of rotatable bonds is 6. The zero-order valence-electron chi connectivity index (χ0n) is 18.9. The van der Waals surface area contributed by atoms with Gasteiger partial charge < -0.3 is 24.5 Å². The van der Waals surface area contributed by atoms with Gasteiger partial charge in [0, 0.05) is 50.8 Å². The molecule has 3 heterocycles. The first-order chi connectivity index (χ1) is 16.2. The van der Waals surface area contributed by atoms with Gasteiger partial charge in [0.2, 0.25) is 0 Å². The minimum atomic E-state index is -0.642. The normalized spacial score (nSPS) is 24.2. The molecular formula is C21H27Br3N6O4. The summed E-state index contributed by atoms with van der Waals surface area (Å²) in [5.74, 6) is 1.10. The van der Waals surface area contributed by atoms with Gasteiger partial charge in [-0.3, -0.25) is 15.0 Å². The van der Waals surface area contributed by atoms with Gasteiger partial charge in [0.15, 0.2) is 18.2 Å². The molecule has 10 nitrogen and oxygen atoms in total. The van der Waals surface area contributed by atoms with E-state index in [1.165, 1.54) is 4.90 Å². The van der Waals surface area contributed by atoms with Gasteiger partial charge in [-0.15, -0.1) is 0 Å². The molecule has 3 amide bonds. The molecule has 186 valence electrons. The van der Waals surface area contributed by atoms with E-state index in [9.17, 15) is 14.7 Å². The standard InChI is InChI=1S/C21H27Br3N6O4/c1-3-30-16-18(27(2)21(33)26-19(16)32)25-20(30)29-6-4-28(5-7-29)10-13(31)11-34-17-14(23)8-12(22)9-15(17)24/h8-9,13,16,18,31H,3-7,10-11H2,1-2H3,(H,26,32,33). The van der Waals surface area contributed by atoms with Crippen LogP contribution in [0.1, 0.15) is 6.92 Å². The highest BCUT2D eigenvalue weighted by atomic mass is 79.9. The first-order valence-electron chi connectivity index (χ1n) is 11.0. The molecule has 3 atom stereocenters. The SMILES string of the molecule is CCN1C(N2CCN(CC(O)COc3c(Br)cc(Br)cc3Br)CC2)=NC2C1C(=O)NC(=O)N2C. The van der Waals surface area contributed by atoms with Crippen LogP contribution in [0.3, 0.4) is 0 Å². The van der Waals surface area contributed by atoms with Crippen LogP contribution in [-0.4, -0.2) is 114 Å². The van der Waals surface area contributed by atoms with Crippen LogP contribution in [0.2, 0.25) is 0 Å². The Labute approximate surface area is 223 Å². The molecule has 3 aliphatic rings. The van der Waals surface area contributed by atoms with Crippen molar-refractivity contribution in [2.45, 2.75) is 25.2 Å². The number of hydrogen-bond donors (Lipinski definition) is 2. The monoisotopic (exact) mass is 664 g/mol. The number of amides is 3. The van der Waals surface area contributed by atoms with Crippen molar-refractivity contribution in [3.63, 3.8) is 0 Å². The molecule has 3 unspecified atom stereocenters.